The first kappa shape index (κ1) is 21.1. The molecule has 2 aromatic carbocycles. The Balaban J connectivity index is 1.73. The van der Waals surface area contributed by atoms with Gasteiger partial charge >= 0.3 is 6.18 Å². The van der Waals surface area contributed by atoms with Gasteiger partial charge in [0.25, 0.3) is 0 Å². The number of methoxy groups -OCH3 is 1. The van der Waals surface area contributed by atoms with Gasteiger partial charge in [-0.1, -0.05) is 12.1 Å². The lowest BCUT2D eigenvalue weighted by Gasteiger charge is -2.17. The fraction of sp³-hybridized carbons (Fsp3) is 0.300. The molecule has 0 N–H and O–H groups in total. The highest BCUT2D eigenvalue weighted by Gasteiger charge is 2.29. The molecule has 3 aromatic rings. The predicted octanol–water partition coefficient (Wildman–Crippen LogP) is 4.73. The second-order valence-electron chi connectivity index (χ2n) is 6.74. The summed E-state index contributed by atoms with van der Waals surface area (Å²) in [5.41, 5.74) is 1.03. The van der Waals surface area contributed by atoms with Gasteiger partial charge in [-0.15, -0.1) is 0 Å². The van der Waals surface area contributed by atoms with Gasteiger partial charge in [0, 0.05) is 19.2 Å². The van der Waals surface area contributed by atoms with Crippen molar-refractivity contribution in [3.8, 4) is 17.1 Å². The third-order valence-electron chi connectivity index (χ3n) is 4.50. The molecule has 0 atom stereocenters. The number of hydrogen-bond donors (Lipinski definition) is 0. The molecule has 0 radical (unpaired) electrons. The monoisotopic (exact) mass is 422 g/mol. The number of hydrogen-bond acceptors (Lipinski definition) is 4. The van der Waals surface area contributed by atoms with Gasteiger partial charge in [0.2, 0.25) is 0 Å². The first-order chi connectivity index (χ1) is 13.7. The summed E-state index contributed by atoms with van der Waals surface area (Å²) in [4.78, 5) is 1.93. The Morgan fingerprint density at radius 1 is 1.07 bits per heavy atom. The zero-order valence-corrected chi connectivity index (χ0v) is 17.1. The normalized spacial score (nSPS) is 11.8. The number of benzene rings is 2. The van der Waals surface area contributed by atoms with Crippen molar-refractivity contribution in [1.29, 1.82) is 0 Å². The van der Waals surface area contributed by atoms with E-state index in [9.17, 15) is 13.2 Å². The largest absolute Gasteiger partial charge is 0.497 e. The minimum absolute atomic E-state index is 0.407. The maximum Gasteiger partial charge on any atom is 0.416 e. The highest BCUT2D eigenvalue weighted by atomic mass is 32.1. The second kappa shape index (κ2) is 8.38. The summed E-state index contributed by atoms with van der Waals surface area (Å²) < 4.78 is 47.3. The van der Waals surface area contributed by atoms with E-state index in [1.165, 1.54) is 12.1 Å². The molecule has 0 spiro atoms. The van der Waals surface area contributed by atoms with Crippen LogP contribution in [-0.4, -0.2) is 33.4 Å². The van der Waals surface area contributed by atoms with Gasteiger partial charge in [0.05, 0.1) is 19.3 Å². The Kier molecular flexibility index (Phi) is 6.09. The molecule has 0 saturated heterocycles. The van der Waals surface area contributed by atoms with Crippen molar-refractivity contribution >= 4 is 12.2 Å². The third kappa shape index (κ3) is 4.86. The number of ether oxygens (including phenoxy) is 1. The molecule has 0 fully saturated rings. The van der Waals surface area contributed by atoms with Crippen LogP contribution >= 0.6 is 12.2 Å². The SMILES string of the molecule is COc1ccc(-c2nn(CN(C)Cc3ccc(C(F)(F)F)cc3)c(=S)n2C)cc1. The van der Waals surface area contributed by atoms with Crippen LogP contribution in [0.3, 0.4) is 0 Å². The first-order valence-corrected chi connectivity index (χ1v) is 9.23. The molecule has 0 saturated carbocycles. The highest BCUT2D eigenvalue weighted by molar-refractivity contribution is 7.71. The van der Waals surface area contributed by atoms with Gasteiger partial charge in [0.1, 0.15) is 5.75 Å². The van der Waals surface area contributed by atoms with Crippen molar-refractivity contribution in [3.63, 3.8) is 0 Å². The van der Waals surface area contributed by atoms with Gasteiger partial charge in [-0.05, 0) is 61.2 Å². The van der Waals surface area contributed by atoms with Crippen LogP contribution in [0.4, 0.5) is 13.2 Å². The van der Waals surface area contributed by atoms with Crippen molar-refractivity contribution in [1.82, 2.24) is 19.2 Å². The minimum atomic E-state index is -4.33. The maximum atomic E-state index is 12.7. The molecule has 0 aliphatic heterocycles. The van der Waals surface area contributed by atoms with Crippen LogP contribution in [0, 0.1) is 4.77 Å². The van der Waals surface area contributed by atoms with Crippen molar-refractivity contribution in [2.45, 2.75) is 19.4 Å². The summed E-state index contributed by atoms with van der Waals surface area (Å²) in [6.07, 6.45) is -4.33. The molecule has 0 unspecified atom stereocenters. The lowest BCUT2D eigenvalue weighted by molar-refractivity contribution is -0.137. The van der Waals surface area contributed by atoms with Crippen LogP contribution in [0.15, 0.2) is 48.5 Å². The van der Waals surface area contributed by atoms with Crippen LogP contribution in [0.25, 0.3) is 11.4 Å². The molecule has 0 bridgehead atoms. The van der Waals surface area contributed by atoms with Gasteiger partial charge in [-0.25, -0.2) is 4.68 Å². The quantitative estimate of drug-likeness (QED) is 0.538. The number of alkyl halides is 3. The zero-order valence-electron chi connectivity index (χ0n) is 16.3. The summed E-state index contributed by atoms with van der Waals surface area (Å²) in [7, 11) is 5.32. The van der Waals surface area contributed by atoms with Crippen LogP contribution in [0.1, 0.15) is 11.1 Å². The molecule has 5 nitrogen and oxygen atoms in total. The molecule has 0 amide bonds. The summed E-state index contributed by atoms with van der Waals surface area (Å²) in [5, 5.41) is 4.61. The molecule has 1 heterocycles. The van der Waals surface area contributed by atoms with Gasteiger partial charge in [-0.2, -0.15) is 18.3 Å². The Bertz CT molecular complexity index is 1020. The van der Waals surface area contributed by atoms with Crippen molar-refractivity contribution in [3.05, 3.63) is 64.4 Å². The van der Waals surface area contributed by atoms with E-state index in [4.69, 9.17) is 17.0 Å². The van der Waals surface area contributed by atoms with E-state index in [0.717, 1.165) is 34.8 Å². The topological polar surface area (TPSA) is 35.2 Å². The minimum Gasteiger partial charge on any atom is -0.497 e. The van der Waals surface area contributed by atoms with E-state index in [2.05, 4.69) is 5.10 Å². The van der Waals surface area contributed by atoms with E-state index in [0.29, 0.717) is 18.0 Å². The van der Waals surface area contributed by atoms with Gasteiger partial charge in [-0.3, -0.25) is 4.90 Å². The standard InChI is InChI=1S/C20H21F3N4OS/c1-25(12-14-4-8-16(9-5-14)20(21,22)23)13-27-19(29)26(2)18(24-27)15-6-10-17(28-3)11-7-15/h4-11H,12-13H2,1-3H3. The summed E-state index contributed by atoms with van der Waals surface area (Å²) in [6.45, 7) is 0.873. The lowest BCUT2D eigenvalue weighted by atomic mass is 10.1. The summed E-state index contributed by atoms with van der Waals surface area (Å²) in [5.74, 6) is 1.48. The third-order valence-corrected chi connectivity index (χ3v) is 4.98. The molecular formula is C20H21F3N4OS. The maximum absolute atomic E-state index is 12.7. The number of aromatic nitrogens is 3. The summed E-state index contributed by atoms with van der Waals surface area (Å²) in [6, 6.07) is 12.7. The Labute approximate surface area is 172 Å². The van der Waals surface area contributed by atoms with E-state index >= 15 is 0 Å². The number of rotatable bonds is 6. The molecule has 29 heavy (non-hydrogen) atoms. The zero-order chi connectivity index (χ0) is 21.2. The molecule has 0 aliphatic rings. The van der Waals surface area contributed by atoms with E-state index < -0.39 is 11.7 Å². The Morgan fingerprint density at radius 2 is 1.69 bits per heavy atom. The second-order valence-corrected chi connectivity index (χ2v) is 7.11. The molecular weight excluding hydrogens is 401 g/mol. The van der Waals surface area contributed by atoms with Crippen LogP contribution in [0.2, 0.25) is 0 Å². The number of halogens is 3. The molecule has 1 aromatic heterocycles. The van der Waals surface area contributed by atoms with Crippen LogP contribution in [0.5, 0.6) is 5.75 Å². The van der Waals surface area contributed by atoms with Crippen LogP contribution < -0.4 is 4.74 Å². The lowest BCUT2D eigenvalue weighted by Crippen LogP contribution is -2.22. The fourth-order valence-corrected chi connectivity index (χ4v) is 3.15. The fourth-order valence-electron chi connectivity index (χ4n) is 2.96. The predicted molar refractivity (Wildman–Crippen MR) is 107 cm³/mol. The molecule has 3 rings (SSSR count). The van der Waals surface area contributed by atoms with E-state index in [-0.39, 0.29) is 0 Å². The first-order valence-electron chi connectivity index (χ1n) is 8.82. The van der Waals surface area contributed by atoms with Crippen molar-refractivity contribution in [2.24, 2.45) is 7.05 Å². The Morgan fingerprint density at radius 3 is 2.24 bits per heavy atom. The van der Waals surface area contributed by atoms with Gasteiger partial charge in [0.15, 0.2) is 10.6 Å². The molecule has 154 valence electrons. The van der Waals surface area contributed by atoms with Crippen molar-refractivity contribution in [2.75, 3.05) is 14.2 Å². The smallest absolute Gasteiger partial charge is 0.416 e. The molecule has 9 heteroatoms. The summed E-state index contributed by atoms with van der Waals surface area (Å²) >= 11 is 5.49. The van der Waals surface area contributed by atoms with E-state index in [1.54, 1.807) is 11.8 Å². The van der Waals surface area contributed by atoms with E-state index in [1.807, 2.05) is 47.8 Å². The number of nitrogens with zero attached hydrogens (tertiary/aromatic N) is 4. The highest BCUT2D eigenvalue weighted by Crippen LogP contribution is 2.29. The van der Waals surface area contributed by atoms with Crippen LogP contribution in [-0.2, 0) is 26.4 Å². The van der Waals surface area contributed by atoms with Gasteiger partial charge < -0.3 is 9.30 Å². The average Bonchev–Trinajstić information content (AvgIpc) is 2.96. The Hall–Kier alpha value is -2.65. The average molecular weight is 422 g/mol. The van der Waals surface area contributed by atoms with Crippen molar-refractivity contribution < 1.29 is 17.9 Å². The molecule has 0 aliphatic carbocycles.